The van der Waals surface area contributed by atoms with E-state index in [-0.39, 0.29) is 5.75 Å². The molecule has 0 spiro atoms. The van der Waals surface area contributed by atoms with Crippen LogP contribution >= 0.6 is 11.6 Å². The average Bonchev–Trinajstić information content (AvgIpc) is 2.65. The second-order valence-corrected chi connectivity index (χ2v) is 8.74. The first-order valence-electron chi connectivity index (χ1n) is 10.1. The Morgan fingerprint density at radius 2 is 1.46 bits per heavy atom. The summed E-state index contributed by atoms with van der Waals surface area (Å²) in [4.78, 5) is 0. The molecule has 3 rings (SSSR count). The second-order valence-electron chi connectivity index (χ2n) is 8.26. The minimum atomic E-state index is -4.09. The summed E-state index contributed by atoms with van der Waals surface area (Å²) in [6.45, 7) is 4.24. The van der Waals surface area contributed by atoms with Crippen molar-refractivity contribution in [3.8, 4) is 5.75 Å². The lowest BCUT2D eigenvalue weighted by molar-refractivity contribution is 0.0854. The number of hydrogen-bond acceptors (Lipinski definition) is 1. The molecule has 1 nitrogen and oxygen atoms in total. The van der Waals surface area contributed by atoms with E-state index < -0.39 is 22.6 Å². The van der Waals surface area contributed by atoms with E-state index in [1.807, 2.05) is 0 Å². The molecular formula is C22H27ClF4O. The highest BCUT2D eigenvalue weighted by atomic mass is 35.5. The largest absolute Gasteiger partial charge is 0.493 e. The Hall–Kier alpha value is -1.23. The first-order chi connectivity index (χ1) is 13.3. The molecule has 2 saturated carbocycles. The van der Waals surface area contributed by atoms with Gasteiger partial charge in [0.2, 0.25) is 0 Å². The number of halogens is 5. The van der Waals surface area contributed by atoms with Gasteiger partial charge in [0.1, 0.15) is 22.9 Å². The molecule has 1 aromatic carbocycles. The fourth-order valence-corrected chi connectivity index (χ4v) is 4.98. The zero-order valence-corrected chi connectivity index (χ0v) is 16.7. The lowest BCUT2D eigenvalue weighted by atomic mass is 9.69. The molecule has 28 heavy (non-hydrogen) atoms. The van der Waals surface area contributed by atoms with Crippen molar-refractivity contribution in [2.45, 2.75) is 56.7 Å². The Labute approximate surface area is 169 Å². The summed E-state index contributed by atoms with van der Waals surface area (Å²) in [6.07, 6.45) is 11.5. The van der Waals surface area contributed by atoms with Crippen LogP contribution in [0.2, 0.25) is 0 Å². The quantitative estimate of drug-likeness (QED) is 0.265. The molecule has 0 atom stereocenters. The van der Waals surface area contributed by atoms with Crippen LogP contribution in [0.1, 0.15) is 56.9 Å². The van der Waals surface area contributed by atoms with Gasteiger partial charge in [0.25, 0.3) is 0 Å². The molecule has 0 radical (unpaired) electrons. The van der Waals surface area contributed by atoms with Gasteiger partial charge < -0.3 is 4.74 Å². The topological polar surface area (TPSA) is 9.23 Å². The van der Waals surface area contributed by atoms with Gasteiger partial charge in [0.15, 0.2) is 0 Å². The van der Waals surface area contributed by atoms with E-state index >= 15 is 0 Å². The Bertz CT molecular complexity index is 649. The van der Waals surface area contributed by atoms with Crippen LogP contribution in [0.15, 0.2) is 24.8 Å². The molecule has 156 valence electrons. The van der Waals surface area contributed by atoms with Crippen molar-refractivity contribution in [1.29, 1.82) is 0 Å². The van der Waals surface area contributed by atoms with Crippen LogP contribution in [-0.2, 0) is 5.38 Å². The van der Waals surface area contributed by atoms with Crippen molar-refractivity contribution >= 4 is 11.6 Å². The van der Waals surface area contributed by atoms with Gasteiger partial charge in [-0.15, -0.1) is 6.58 Å². The molecule has 2 fully saturated rings. The number of ether oxygens (including phenoxy) is 1. The summed E-state index contributed by atoms with van der Waals surface area (Å²) in [5, 5.41) is -4.09. The highest BCUT2D eigenvalue weighted by Gasteiger charge is 2.36. The van der Waals surface area contributed by atoms with Crippen LogP contribution in [-0.4, -0.2) is 6.61 Å². The minimum Gasteiger partial charge on any atom is -0.493 e. The van der Waals surface area contributed by atoms with Crippen molar-refractivity contribution in [3.05, 3.63) is 42.0 Å². The predicted octanol–water partition coefficient (Wildman–Crippen LogP) is 7.43. The fraction of sp³-hybridized carbons (Fsp3) is 0.636. The molecule has 1 aromatic rings. The summed E-state index contributed by atoms with van der Waals surface area (Å²) in [5.74, 6) is -0.326. The standard InChI is InChI=1S/C22H27ClF4O/c1-2-14-3-7-16(8-4-14)17-9-5-15(6-10-17)13-28-18-11-19(24)21(20(25)12-18)22(23,26)27/h2,11-12,14-17H,1,3-10,13H2. The van der Waals surface area contributed by atoms with Gasteiger partial charge in [-0.1, -0.05) is 6.08 Å². The normalized spacial score (nSPS) is 28.8. The third-order valence-electron chi connectivity index (χ3n) is 6.49. The fourth-order valence-electron chi connectivity index (χ4n) is 4.80. The Morgan fingerprint density at radius 1 is 0.964 bits per heavy atom. The minimum absolute atomic E-state index is 0.0791. The Kier molecular flexibility index (Phi) is 6.95. The lowest BCUT2D eigenvalue weighted by Gasteiger charge is -2.37. The van der Waals surface area contributed by atoms with Crippen molar-refractivity contribution in [2.75, 3.05) is 6.61 Å². The predicted molar refractivity (Wildman–Crippen MR) is 103 cm³/mol. The Morgan fingerprint density at radius 3 is 1.93 bits per heavy atom. The molecule has 0 aliphatic heterocycles. The van der Waals surface area contributed by atoms with Crippen LogP contribution in [0.5, 0.6) is 5.75 Å². The smallest absolute Gasteiger partial charge is 0.353 e. The van der Waals surface area contributed by atoms with Crippen molar-refractivity contribution in [3.63, 3.8) is 0 Å². The Balaban J connectivity index is 1.48. The number of allylic oxidation sites excluding steroid dienone is 1. The maximum Gasteiger partial charge on any atom is 0.353 e. The van der Waals surface area contributed by atoms with E-state index in [9.17, 15) is 17.6 Å². The molecule has 6 heteroatoms. The van der Waals surface area contributed by atoms with Gasteiger partial charge >= 0.3 is 5.38 Å². The summed E-state index contributed by atoms with van der Waals surface area (Å²) in [6, 6.07) is 1.55. The first-order valence-corrected chi connectivity index (χ1v) is 10.5. The van der Waals surface area contributed by atoms with E-state index in [2.05, 4.69) is 12.7 Å². The molecule has 0 N–H and O–H groups in total. The molecular weight excluding hydrogens is 392 g/mol. The van der Waals surface area contributed by atoms with Crippen LogP contribution in [0.4, 0.5) is 17.6 Å². The molecule has 0 saturated heterocycles. The van der Waals surface area contributed by atoms with Crippen molar-refractivity contribution < 1.29 is 22.3 Å². The summed E-state index contributed by atoms with van der Waals surface area (Å²) in [5.41, 5.74) is -1.44. The van der Waals surface area contributed by atoms with Gasteiger partial charge in [0.05, 0.1) is 6.61 Å². The van der Waals surface area contributed by atoms with E-state index in [0.717, 1.165) is 49.7 Å². The highest BCUT2D eigenvalue weighted by molar-refractivity contribution is 6.21. The van der Waals surface area contributed by atoms with Gasteiger partial charge in [-0.05, 0) is 86.6 Å². The third kappa shape index (κ3) is 5.22. The number of hydrogen-bond donors (Lipinski definition) is 0. The maximum absolute atomic E-state index is 13.8. The zero-order chi connectivity index (χ0) is 20.3. The summed E-state index contributed by atoms with van der Waals surface area (Å²) in [7, 11) is 0. The second kappa shape index (κ2) is 9.06. The van der Waals surface area contributed by atoms with Crippen LogP contribution in [0, 0.1) is 35.3 Å². The highest BCUT2D eigenvalue weighted by Crippen LogP contribution is 2.42. The van der Waals surface area contributed by atoms with Crippen molar-refractivity contribution in [1.82, 2.24) is 0 Å². The molecule has 2 aliphatic carbocycles. The first kappa shape index (κ1) is 21.5. The van der Waals surface area contributed by atoms with Gasteiger partial charge in [0, 0.05) is 12.1 Å². The van der Waals surface area contributed by atoms with E-state index in [1.54, 1.807) is 0 Å². The van der Waals surface area contributed by atoms with Gasteiger partial charge in [-0.3, -0.25) is 0 Å². The number of benzene rings is 1. The zero-order valence-electron chi connectivity index (χ0n) is 15.9. The molecule has 0 heterocycles. The summed E-state index contributed by atoms with van der Waals surface area (Å²) < 4.78 is 59.2. The number of rotatable bonds is 6. The third-order valence-corrected chi connectivity index (χ3v) is 6.68. The maximum atomic E-state index is 13.8. The number of alkyl halides is 3. The van der Waals surface area contributed by atoms with Crippen molar-refractivity contribution in [2.24, 2.45) is 23.7 Å². The van der Waals surface area contributed by atoms with Gasteiger partial charge in [-0.2, -0.15) is 8.78 Å². The van der Waals surface area contributed by atoms with E-state index in [0.29, 0.717) is 18.4 Å². The molecule has 2 aliphatic rings. The summed E-state index contributed by atoms with van der Waals surface area (Å²) >= 11 is 4.76. The molecule has 0 unspecified atom stereocenters. The molecule has 0 bridgehead atoms. The molecule has 0 aromatic heterocycles. The lowest BCUT2D eigenvalue weighted by Crippen LogP contribution is -2.27. The van der Waals surface area contributed by atoms with Crippen LogP contribution in [0.25, 0.3) is 0 Å². The average molecular weight is 419 g/mol. The van der Waals surface area contributed by atoms with Gasteiger partial charge in [-0.25, -0.2) is 8.78 Å². The van der Waals surface area contributed by atoms with Crippen LogP contribution < -0.4 is 4.74 Å². The molecule has 0 amide bonds. The monoisotopic (exact) mass is 418 g/mol. The SMILES string of the molecule is C=CC1CCC(C2CCC(COc3cc(F)c(C(F)(F)Cl)c(F)c3)CC2)CC1. The van der Waals surface area contributed by atoms with E-state index in [4.69, 9.17) is 16.3 Å². The van der Waals surface area contributed by atoms with Crippen LogP contribution in [0.3, 0.4) is 0 Å². The van der Waals surface area contributed by atoms with E-state index in [1.165, 1.54) is 25.7 Å².